The highest BCUT2D eigenvalue weighted by atomic mass is 79.9. The van der Waals surface area contributed by atoms with Crippen molar-refractivity contribution in [3.63, 3.8) is 0 Å². The van der Waals surface area contributed by atoms with E-state index in [1.165, 1.54) is 5.56 Å². The van der Waals surface area contributed by atoms with E-state index in [4.69, 9.17) is 4.74 Å². The van der Waals surface area contributed by atoms with Crippen LogP contribution < -0.4 is 5.32 Å². The summed E-state index contributed by atoms with van der Waals surface area (Å²) < 4.78 is 6.83. The Morgan fingerprint density at radius 3 is 2.74 bits per heavy atom. The third-order valence-electron chi connectivity index (χ3n) is 3.65. The van der Waals surface area contributed by atoms with Crippen molar-refractivity contribution in [2.45, 2.75) is 39.2 Å². The number of hydrogen-bond donors (Lipinski definition) is 1. The molecule has 1 N–H and O–H groups in total. The molecule has 19 heavy (non-hydrogen) atoms. The monoisotopic (exact) mass is 325 g/mol. The Hall–Kier alpha value is -0.380. The van der Waals surface area contributed by atoms with Crippen LogP contribution in [0, 0.1) is 5.41 Å². The average molecular weight is 326 g/mol. The Morgan fingerprint density at radius 1 is 1.37 bits per heavy atom. The molecule has 0 spiro atoms. The van der Waals surface area contributed by atoms with Crippen LogP contribution in [0.2, 0.25) is 0 Å². The van der Waals surface area contributed by atoms with Gasteiger partial charge >= 0.3 is 0 Å². The van der Waals surface area contributed by atoms with Crippen LogP contribution >= 0.6 is 15.9 Å². The molecule has 1 unspecified atom stereocenters. The van der Waals surface area contributed by atoms with Gasteiger partial charge in [-0.2, -0.15) is 0 Å². The maximum atomic E-state index is 5.68. The van der Waals surface area contributed by atoms with Crippen LogP contribution in [-0.4, -0.2) is 25.3 Å². The minimum Gasteiger partial charge on any atom is -0.381 e. The zero-order valence-corrected chi connectivity index (χ0v) is 13.7. The SMILES string of the molecule is CC(C)(C)NCC1(Cc2cccc(Br)c2)CCOC1. The third kappa shape index (κ3) is 4.59. The van der Waals surface area contributed by atoms with E-state index in [0.29, 0.717) is 0 Å². The molecule has 0 bridgehead atoms. The Balaban J connectivity index is 2.07. The molecule has 0 amide bonds. The summed E-state index contributed by atoms with van der Waals surface area (Å²) in [6, 6.07) is 8.62. The van der Waals surface area contributed by atoms with Gasteiger partial charge in [-0.05, 0) is 51.3 Å². The van der Waals surface area contributed by atoms with Crippen LogP contribution in [0.3, 0.4) is 0 Å². The lowest BCUT2D eigenvalue weighted by atomic mass is 9.80. The first-order valence-corrected chi connectivity index (χ1v) is 7.75. The molecule has 0 aliphatic carbocycles. The highest BCUT2D eigenvalue weighted by molar-refractivity contribution is 9.10. The minimum atomic E-state index is 0.160. The molecule has 1 saturated heterocycles. The summed E-state index contributed by atoms with van der Waals surface area (Å²) in [5, 5.41) is 3.65. The standard InChI is InChI=1S/C16H24BrNO/c1-15(2,3)18-11-16(7-8-19-12-16)10-13-5-4-6-14(17)9-13/h4-6,9,18H,7-8,10-12H2,1-3H3. The fourth-order valence-corrected chi connectivity index (χ4v) is 2.97. The highest BCUT2D eigenvalue weighted by Gasteiger charge is 2.35. The van der Waals surface area contributed by atoms with Gasteiger partial charge in [0.15, 0.2) is 0 Å². The molecule has 0 saturated carbocycles. The van der Waals surface area contributed by atoms with Gasteiger partial charge in [0, 0.05) is 28.6 Å². The molecule has 2 rings (SSSR count). The largest absolute Gasteiger partial charge is 0.381 e. The van der Waals surface area contributed by atoms with Crippen LogP contribution in [0.1, 0.15) is 32.8 Å². The first kappa shape index (κ1) is 15.0. The lowest BCUT2D eigenvalue weighted by Crippen LogP contribution is -2.45. The molecule has 2 nitrogen and oxygen atoms in total. The second-order valence-corrected chi connectivity index (χ2v) is 7.63. The molecule has 106 valence electrons. The minimum absolute atomic E-state index is 0.160. The molecule has 3 heteroatoms. The predicted octanol–water partition coefficient (Wildman–Crippen LogP) is 3.79. The van der Waals surface area contributed by atoms with Gasteiger partial charge in [-0.15, -0.1) is 0 Å². The molecular weight excluding hydrogens is 302 g/mol. The molecular formula is C16H24BrNO. The summed E-state index contributed by atoms with van der Waals surface area (Å²) in [6.45, 7) is 9.42. The predicted molar refractivity (Wildman–Crippen MR) is 83.5 cm³/mol. The fourth-order valence-electron chi connectivity index (χ4n) is 2.52. The van der Waals surface area contributed by atoms with Crippen LogP contribution in [0.4, 0.5) is 0 Å². The Kier molecular flexibility index (Phi) is 4.70. The first-order chi connectivity index (χ1) is 8.89. The second-order valence-electron chi connectivity index (χ2n) is 6.71. The molecule has 1 fully saturated rings. The summed E-state index contributed by atoms with van der Waals surface area (Å²) in [7, 11) is 0. The van der Waals surface area contributed by atoms with Crippen LogP contribution in [0.15, 0.2) is 28.7 Å². The normalized spacial score (nSPS) is 23.8. The van der Waals surface area contributed by atoms with E-state index < -0.39 is 0 Å². The van der Waals surface area contributed by atoms with Gasteiger partial charge in [0.2, 0.25) is 0 Å². The second kappa shape index (κ2) is 5.94. The van der Waals surface area contributed by atoms with Crippen LogP contribution in [0.25, 0.3) is 0 Å². The molecule has 1 aliphatic heterocycles. The number of rotatable bonds is 4. The fraction of sp³-hybridized carbons (Fsp3) is 0.625. The van der Waals surface area contributed by atoms with Crippen LogP contribution in [-0.2, 0) is 11.2 Å². The van der Waals surface area contributed by atoms with E-state index in [-0.39, 0.29) is 11.0 Å². The summed E-state index contributed by atoms with van der Waals surface area (Å²) >= 11 is 3.55. The number of ether oxygens (including phenoxy) is 1. The van der Waals surface area contributed by atoms with E-state index in [0.717, 1.165) is 37.1 Å². The first-order valence-electron chi connectivity index (χ1n) is 6.96. The van der Waals surface area contributed by atoms with Crippen molar-refractivity contribution >= 4 is 15.9 Å². The maximum absolute atomic E-state index is 5.68. The van der Waals surface area contributed by atoms with Crippen molar-refractivity contribution < 1.29 is 4.74 Å². The van der Waals surface area contributed by atoms with E-state index in [2.05, 4.69) is 66.3 Å². The van der Waals surface area contributed by atoms with Gasteiger partial charge in [-0.3, -0.25) is 0 Å². The van der Waals surface area contributed by atoms with Gasteiger partial charge < -0.3 is 10.1 Å². The van der Waals surface area contributed by atoms with E-state index in [1.54, 1.807) is 0 Å². The lowest BCUT2D eigenvalue weighted by Gasteiger charge is -2.32. The average Bonchev–Trinajstić information content (AvgIpc) is 2.75. The molecule has 1 aromatic rings. The van der Waals surface area contributed by atoms with Crippen LogP contribution in [0.5, 0.6) is 0 Å². The van der Waals surface area contributed by atoms with Crippen molar-refractivity contribution in [3.05, 3.63) is 34.3 Å². The van der Waals surface area contributed by atoms with E-state index >= 15 is 0 Å². The summed E-state index contributed by atoms with van der Waals surface area (Å²) in [6.07, 6.45) is 2.22. The molecule has 0 aromatic heterocycles. The smallest absolute Gasteiger partial charge is 0.0538 e. The summed E-state index contributed by atoms with van der Waals surface area (Å²) in [5.41, 5.74) is 1.79. The Labute approximate surface area is 125 Å². The molecule has 1 atom stereocenters. The lowest BCUT2D eigenvalue weighted by molar-refractivity contribution is 0.144. The Morgan fingerprint density at radius 2 is 2.16 bits per heavy atom. The number of hydrogen-bond acceptors (Lipinski definition) is 2. The third-order valence-corrected chi connectivity index (χ3v) is 4.14. The van der Waals surface area contributed by atoms with Crippen molar-refractivity contribution in [1.29, 1.82) is 0 Å². The van der Waals surface area contributed by atoms with E-state index in [9.17, 15) is 0 Å². The number of nitrogens with one attached hydrogen (secondary N) is 1. The van der Waals surface area contributed by atoms with Gasteiger partial charge in [-0.25, -0.2) is 0 Å². The van der Waals surface area contributed by atoms with Gasteiger partial charge in [0.05, 0.1) is 6.61 Å². The van der Waals surface area contributed by atoms with E-state index in [1.807, 2.05) is 0 Å². The number of benzene rings is 1. The topological polar surface area (TPSA) is 21.3 Å². The van der Waals surface area contributed by atoms with Gasteiger partial charge in [0.1, 0.15) is 0 Å². The number of halogens is 1. The molecule has 0 radical (unpaired) electrons. The summed E-state index contributed by atoms with van der Waals surface area (Å²) in [4.78, 5) is 0. The molecule has 1 heterocycles. The molecule has 1 aromatic carbocycles. The quantitative estimate of drug-likeness (QED) is 0.909. The van der Waals surface area contributed by atoms with Crippen molar-refractivity contribution in [2.75, 3.05) is 19.8 Å². The van der Waals surface area contributed by atoms with Crippen molar-refractivity contribution in [3.8, 4) is 0 Å². The van der Waals surface area contributed by atoms with Gasteiger partial charge in [0.25, 0.3) is 0 Å². The van der Waals surface area contributed by atoms with Crippen molar-refractivity contribution in [1.82, 2.24) is 5.32 Å². The van der Waals surface area contributed by atoms with Crippen molar-refractivity contribution in [2.24, 2.45) is 5.41 Å². The zero-order chi connectivity index (χ0) is 13.9. The summed E-state index contributed by atoms with van der Waals surface area (Å²) in [5.74, 6) is 0. The zero-order valence-electron chi connectivity index (χ0n) is 12.1. The highest BCUT2D eigenvalue weighted by Crippen LogP contribution is 2.33. The maximum Gasteiger partial charge on any atom is 0.0538 e. The van der Waals surface area contributed by atoms with Gasteiger partial charge in [-0.1, -0.05) is 28.1 Å². The Bertz CT molecular complexity index is 419. The molecule has 1 aliphatic rings.